The predicted molar refractivity (Wildman–Crippen MR) is 68.6 cm³/mol. The van der Waals surface area contributed by atoms with Crippen molar-refractivity contribution in [1.82, 2.24) is 9.38 Å². The highest BCUT2D eigenvalue weighted by Crippen LogP contribution is 2.20. The highest BCUT2D eigenvalue weighted by molar-refractivity contribution is 5.89. The van der Waals surface area contributed by atoms with Gasteiger partial charge < -0.3 is 14.9 Å². The molecule has 0 aromatic carbocycles. The molecule has 0 aliphatic heterocycles. The second-order valence-corrected chi connectivity index (χ2v) is 4.13. The summed E-state index contributed by atoms with van der Waals surface area (Å²) in [5.74, 6) is -0.924. The topological polar surface area (TPSA) is 84.1 Å². The molecule has 19 heavy (non-hydrogen) atoms. The molecule has 6 nitrogen and oxygen atoms in total. The van der Waals surface area contributed by atoms with Crippen molar-refractivity contribution in [3.8, 4) is 5.88 Å². The van der Waals surface area contributed by atoms with Gasteiger partial charge >= 0.3 is 5.97 Å². The molecule has 0 unspecified atom stereocenters. The number of pyridine rings is 1. The van der Waals surface area contributed by atoms with Gasteiger partial charge in [0.15, 0.2) is 5.69 Å². The van der Waals surface area contributed by atoms with Crippen molar-refractivity contribution in [3.63, 3.8) is 0 Å². The summed E-state index contributed by atoms with van der Waals surface area (Å²) in [6.45, 7) is 0.554. The number of aliphatic hydroxyl groups excluding tert-OH is 1. The maximum Gasteiger partial charge on any atom is 0.358 e. The molecule has 2 rings (SSSR count). The molecule has 0 spiro atoms. The van der Waals surface area contributed by atoms with Crippen LogP contribution >= 0.6 is 0 Å². The smallest absolute Gasteiger partial charge is 0.358 e. The van der Waals surface area contributed by atoms with Crippen LogP contribution in [0.5, 0.6) is 5.88 Å². The number of aromatic carboxylic acids is 1. The quantitative estimate of drug-likeness (QED) is 0.742. The number of aliphatic hydroxyl groups is 1. The third kappa shape index (κ3) is 3.03. The Morgan fingerprint density at radius 3 is 2.89 bits per heavy atom. The van der Waals surface area contributed by atoms with E-state index in [1.807, 2.05) is 0 Å². The van der Waals surface area contributed by atoms with Crippen LogP contribution in [0.15, 0.2) is 24.4 Å². The zero-order valence-corrected chi connectivity index (χ0v) is 10.5. The minimum Gasteiger partial charge on any atom is -0.476 e. The first-order chi connectivity index (χ1) is 9.24. The maximum absolute atomic E-state index is 11.3. The summed E-state index contributed by atoms with van der Waals surface area (Å²) in [6.07, 6.45) is 3.96. The van der Waals surface area contributed by atoms with Crippen molar-refractivity contribution in [1.29, 1.82) is 0 Å². The van der Waals surface area contributed by atoms with Crippen LogP contribution in [0.1, 0.15) is 29.8 Å². The largest absolute Gasteiger partial charge is 0.476 e. The van der Waals surface area contributed by atoms with Gasteiger partial charge in [-0.3, -0.25) is 4.40 Å². The fraction of sp³-hybridized carbons (Fsp3) is 0.385. The van der Waals surface area contributed by atoms with E-state index in [1.54, 1.807) is 24.4 Å². The van der Waals surface area contributed by atoms with Crippen LogP contribution in [0.4, 0.5) is 0 Å². The summed E-state index contributed by atoms with van der Waals surface area (Å²) >= 11 is 0. The Labute approximate surface area is 110 Å². The number of carbonyl (C=O) groups is 1. The van der Waals surface area contributed by atoms with Crippen molar-refractivity contribution in [2.75, 3.05) is 13.2 Å². The number of imidazole rings is 1. The number of rotatable bonds is 7. The first kappa shape index (κ1) is 13.4. The molecule has 2 aromatic rings. The molecule has 2 aromatic heterocycles. The van der Waals surface area contributed by atoms with E-state index in [0.29, 0.717) is 12.3 Å². The van der Waals surface area contributed by atoms with E-state index in [2.05, 4.69) is 4.98 Å². The lowest BCUT2D eigenvalue weighted by molar-refractivity contribution is 0.0684. The lowest BCUT2D eigenvalue weighted by Crippen LogP contribution is -2.06. The monoisotopic (exact) mass is 264 g/mol. The third-order valence-corrected chi connectivity index (χ3v) is 2.74. The molecule has 0 aliphatic carbocycles. The Morgan fingerprint density at radius 1 is 1.32 bits per heavy atom. The van der Waals surface area contributed by atoms with Crippen molar-refractivity contribution < 1.29 is 19.7 Å². The zero-order chi connectivity index (χ0) is 13.7. The van der Waals surface area contributed by atoms with E-state index in [4.69, 9.17) is 9.84 Å². The Bertz CT molecular complexity index is 565. The van der Waals surface area contributed by atoms with E-state index in [-0.39, 0.29) is 18.2 Å². The number of aromatic nitrogens is 2. The first-order valence-electron chi connectivity index (χ1n) is 6.18. The number of fused-ring (bicyclic) bond motifs is 1. The van der Waals surface area contributed by atoms with Crippen LogP contribution in [0.2, 0.25) is 0 Å². The summed E-state index contributed by atoms with van der Waals surface area (Å²) < 4.78 is 6.93. The average molecular weight is 264 g/mol. The van der Waals surface area contributed by atoms with Gasteiger partial charge in [-0.1, -0.05) is 6.07 Å². The molecule has 2 N–H and O–H groups in total. The van der Waals surface area contributed by atoms with Crippen LogP contribution in [0.25, 0.3) is 5.65 Å². The summed E-state index contributed by atoms with van der Waals surface area (Å²) in [4.78, 5) is 15.4. The van der Waals surface area contributed by atoms with Crippen LogP contribution in [-0.2, 0) is 0 Å². The van der Waals surface area contributed by atoms with Gasteiger partial charge in [0.05, 0.1) is 6.61 Å². The normalized spacial score (nSPS) is 10.8. The van der Waals surface area contributed by atoms with Crippen molar-refractivity contribution in [2.45, 2.75) is 19.3 Å². The zero-order valence-electron chi connectivity index (χ0n) is 10.5. The van der Waals surface area contributed by atoms with Crippen LogP contribution in [0.3, 0.4) is 0 Å². The first-order valence-corrected chi connectivity index (χ1v) is 6.18. The van der Waals surface area contributed by atoms with Gasteiger partial charge in [-0.05, 0) is 31.4 Å². The van der Waals surface area contributed by atoms with E-state index in [9.17, 15) is 9.90 Å². The standard InChI is InChI=1S/C13H16N2O4/c16-8-4-1-5-9-19-12-11(13(17)18)15-7-3-2-6-10(15)14-12/h2-3,6-7,16H,1,4-5,8-9H2,(H,17,18). The molecule has 0 atom stereocenters. The van der Waals surface area contributed by atoms with Crippen molar-refractivity contribution >= 4 is 11.6 Å². The van der Waals surface area contributed by atoms with Gasteiger partial charge in [-0.25, -0.2) is 4.79 Å². The number of hydrogen-bond acceptors (Lipinski definition) is 4. The Kier molecular flexibility index (Phi) is 4.35. The van der Waals surface area contributed by atoms with E-state index < -0.39 is 5.97 Å². The van der Waals surface area contributed by atoms with Crippen molar-refractivity contribution in [3.05, 3.63) is 30.1 Å². The molecule has 6 heteroatoms. The molecule has 2 heterocycles. The second-order valence-electron chi connectivity index (χ2n) is 4.13. The minimum absolute atomic E-state index is 0.0396. The predicted octanol–water partition coefficient (Wildman–Crippen LogP) is 1.57. The van der Waals surface area contributed by atoms with Crippen LogP contribution in [0, 0.1) is 0 Å². The molecule has 0 amide bonds. The van der Waals surface area contributed by atoms with Gasteiger partial charge in [-0.2, -0.15) is 4.98 Å². The summed E-state index contributed by atoms with van der Waals surface area (Å²) in [5, 5.41) is 17.9. The Morgan fingerprint density at radius 2 is 2.16 bits per heavy atom. The van der Waals surface area contributed by atoms with Gasteiger partial charge in [0, 0.05) is 12.8 Å². The highest BCUT2D eigenvalue weighted by atomic mass is 16.5. The third-order valence-electron chi connectivity index (χ3n) is 2.74. The van der Waals surface area contributed by atoms with Gasteiger partial charge in [-0.15, -0.1) is 0 Å². The number of hydrogen-bond donors (Lipinski definition) is 2. The van der Waals surface area contributed by atoms with Crippen LogP contribution < -0.4 is 4.74 Å². The molecule has 0 saturated carbocycles. The fourth-order valence-electron chi connectivity index (χ4n) is 1.83. The number of ether oxygens (including phenoxy) is 1. The molecular formula is C13H16N2O4. The second kappa shape index (κ2) is 6.19. The summed E-state index contributed by atoms with van der Waals surface area (Å²) in [5.41, 5.74) is 0.586. The lowest BCUT2D eigenvalue weighted by Gasteiger charge is -2.03. The molecular weight excluding hydrogens is 248 g/mol. The van der Waals surface area contributed by atoms with Gasteiger partial charge in [0.1, 0.15) is 5.65 Å². The lowest BCUT2D eigenvalue weighted by atomic mass is 10.2. The average Bonchev–Trinajstić information content (AvgIpc) is 2.76. The highest BCUT2D eigenvalue weighted by Gasteiger charge is 2.19. The van der Waals surface area contributed by atoms with E-state index in [1.165, 1.54) is 4.40 Å². The number of unbranched alkanes of at least 4 members (excludes halogenated alkanes) is 2. The SMILES string of the molecule is O=C(O)c1c(OCCCCCO)nc2ccccn12. The van der Waals surface area contributed by atoms with Gasteiger partial charge in [0.25, 0.3) is 0 Å². The number of carboxylic acids is 1. The minimum atomic E-state index is -1.07. The molecule has 0 radical (unpaired) electrons. The van der Waals surface area contributed by atoms with E-state index >= 15 is 0 Å². The van der Waals surface area contributed by atoms with Crippen LogP contribution in [-0.4, -0.2) is 38.8 Å². The summed E-state index contributed by atoms with van der Waals surface area (Å²) in [7, 11) is 0. The fourth-order valence-corrected chi connectivity index (χ4v) is 1.83. The van der Waals surface area contributed by atoms with E-state index in [0.717, 1.165) is 19.3 Å². The molecule has 0 saturated heterocycles. The molecule has 102 valence electrons. The molecule has 0 aliphatic rings. The number of carboxylic acid groups (broad SMARTS) is 1. The Balaban J connectivity index is 2.13. The van der Waals surface area contributed by atoms with Crippen molar-refractivity contribution in [2.24, 2.45) is 0 Å². The molecule has 0 bridgehead atoms. The van der Waals surface area contributed by atoms with Gasteiger partial charge in [0.2, 0.25) is 5.88 Å². The molecule has 0 fully saturated rings. The Hall–Kier alpha value is -2.08. The number of nitrogens with zero attached hydrogens (tertiary/aromatic N) is 2. The summed E-state index contributed by atoms with van der Waals surface area (Å²) in [6, 6.07) is 5.26. The maximum atomic E-state index is 11.3.